The molecular formula is C64H64O18. The van der Waals surface area contributed by atoms with Crippen molar-refractivity contribution in [1.29, 1.82) is 0 Å². The first kappa shape index (κ1) is 58.6. The summed E-state index contributed by atoms with van der Waals surface area (Å²) in [5.74, 6) is -4.39. The summed E-state index contributed by atoms with van der Waals surface area (Å²) in [6, 6.07) is 49.8. The van der Waals surface area contributed by atoms with E-state index in [1.807, 2.05) is 18.2 Å². The minimum Gasteiger partial charge on any atom is -0.469 e. The number of benzene rings is 6. The van der Waals surface area contributed by atoms with Gasteiger partial charge in [0.05, 0.1) is 41.5 Å². The van der Waals surface area contributed by atoms with Crippen molar-refractivity contribution in [2.75, 3.05) is 26.9 Å². The van der Waals surface area contributed by atoms with Crippen LogP contribution in [-0.2, 0) is 61.6 Å². The van der Waals surface area contributed by atoms with Crippen LogP contribution < -0.4 is 0 Å². The molecule has 0 amide bonds. The van der Waals surface area contributed by atoms with Crippen LogP contribution in [0.1, 0.15) is 109 Å². The van der Waals surface area contributed by atoms with Crippen LogP contribution >= 0.6 is 0 Å². The molecule has 9 rings (SSSR count). The smallest absolute Gasteiger partial charge is 0.338 e. The number of hydrogen-bond acceptors (Lipinski definition) is 18. The molecule has 6 aromatic carbocycles. The van der Waals surface area contributed by atoms with Gasteiger partial charge in [-0.2, -0.15) is 0 Å². The third-order valence-corrected chi connectivity index (χ3v) is 13.9. The van der Waals surface area contributed by atoms with Crippen LogP contribution in [0.4, 0.5) is 0 Å². The van der Waals surface area contributed by atoms with Gasteiger partial charge in [0, 0.05) is 18.6 Å². The normalized spacial score (nSPS) is 23.9. The van der Waals surface area contributed by atoms with Gasteiger partial charge >= 0.3 is 35.8 Å². The lowest BCUT2D eigenvalue weighted by atomic mass is 9.95. The lowest BCUT2D eigenvalue weighted by molar-refractivity contribution is -0.383. The summed E-state index contributed by atoms with van der Waals surface area (Å²) in [6.07, 6.45) is -11.4. The van der Waals surface area contributed by atoms with Gasteiger partial charge in [0.1, 0.15) is 31.0 Å². The monoisotopic (exact) mass is 1120 g/mol. The molecule has 428 valence electrons. The molecule has 3 fully saturated rings. The SMILES string of the molecule is COC(=O)CCCCCCCCO[C@H]1O[C@H](COC(=O)c2ccccc2)[C@@H](O[C@@H]2O[C@@H]3COC(c4ccccc4)O[C@@H]3[C@H](OC(=O)c3ccccc3)[C@H]2OC(=O)c2ccccc2)[C@H](OC(=O)c2ccccc2)[C@H]1OC(=O)c1ccccc1. The molecule has 3 saturated heterocycles. The number of carbonyl (C=O) groups is 6. The highest BCUT2D eigenvalue weighted by atomic mass is 16.8. The van der Waals surface area contributed by atoms with Crippen molar-refractivity contribution in [2.45, 2.75) is 113 Å². The molecule has 0 spiro atoms. The molecule has 3 heterocycles. The summed E-state index contributed by atoms with van der Waals surface area (Å²) in [6.45, 7) is -0.666. The molecule has 3 aliphatic rings. The highest BCUT2D eigenvalue weighted by molar-refractivity contribution is 5.92. The van der Waals surface area contributed by atoms with E-state index < -0.39 is 104 Å². The highest BCUT2D eigenvalue weighted by Gasteiger charge is 2.59. The van der Waals surface area contributed by atoms with Gasteiger partial charge in [-0.15, -0.1) is 0 Å². The van der Waals surface area contributed by atoms with E-state index in [9.17, 15) is 28.8 Å². The second-order valence-corrected chi connectivity index (χ2v) is 19.6. The molecule has 18 nitrogen and oxygen atoms in total. The zero-order valence-electron chi connectivity index (χ0n) is 45.1. The number of ether oxygens (including phenoxy) is 12. The van der Waals surface area contributed by atoms with Crippen LogP contribution in [0, 0.1) is 0 Å². The first-order valence-corrected chi connectivity index (χ1v) is 27.4. The maximum Gasteiger partial charge on any atom is 0.338 e. The van der Waals surface area contributed by atoms with Crippen molar-refractivity contribution in [3.63, 3.8) is 0 Å². The van der Waals surface area contributed by atoms with Crippen LogP contribution in [0.15, 0.2) is 182 Å². The van der Waals surface area contributed by atoms with Gasteiger partial charge in [0.2, 0.25) is 0 Å². The van der Waals surface area contributed by atoms with E-state index >= 15 is 0 Å². The lowest BCUT2D eigenvalue weighted by Crippen LogP contribution is -2.68. The number of esters is 6. The molecule has 11 atom stereocenters. The van der Waals surface area contributed by atoms with Gasteiger partial charge in [-0.25, -0.2) is 24.0 Å². The second kappa shape index (κ2) is 29.6. The lowest BCUT2D eigenvalue weighted by Gasteiger charge is -2.50. The van der Waals surface area contributed by atoms with Crippen molar-refractivity contribution in [2.24, 2.45) is 0 Å². The minimum atomic E-state index is -1.77. The summed E-state index contributed by atoms with van der Waals surface area (Å²) in [7, 11) is 1.36. The van der Waals surface area contributed by atoms with E-state index in [0.717, 1.165) is 25.7 Å². The van der Waals surface area contributed by atoms with E-state index in [2.05, 4.69) is 0 Å². The van der Waals surface area contributed by atoms with Crippen molar-refractivity contribution in [1.82, 2.24) is 0 Å². The largest absolute Gasteiger partial charge is 0.469 e. The maximum absolute atomic E-state index is 14.6. The Hall–Kier alpha value is -8.10. The van der Waals surface area contributed by atoms with Crippen molar-refractivity contribution in [3.8, 4) is 0 Å². The molecule has 18 heteroatoms. The third kappa shape index (κ3) is 15.7. The fraction of sp³-hybridized carbons (Fsp3) is 0.344. The number of carbonyl (C=O) groups excluding carboxylic acids is 6. The Morgan fingerprint density at radius 1 is 0.439 bits per heavy atom. The van der Waals surface area contributed by atoms with Gasteiger partial charge in [0.25, 0.3) is 0 Å². The average molecular weight is 1120 g/mol. The zero-order valence-corrected chi connectivity index (χ0v) is 45.1. The predicted molar refractivity (Wildman–Crippen MR) is 292 cm³/mol. The second-order valence-electron chi connectivity index (χ2n) is 19.6. The molecule has 82 heavy (non-hydrogen) atoms. The van der Waals surface area contributed by atoms with E-state index in [1.165, 1.54) is 31.4 Å². The number of rotatable bonds is 24. The predicted octanol–water partition coefficient (Wildman–Crippen LogP) is 9.62. The number of unbranched alkanes of at least 4 members (excludes halogenated alkanes) is 5. The van der Waals surface area contributed by atoms with Crippen molar-refractivity contribution in [3.05, 3.63) is 215 Å². The maximum atomic E-state index is 14.6. The summed E-state index contributed by atoms with van der Waals surface area (Å²) in [5.41, 5.74) is 1.39. The topological polar surface area (TPSA) is 213 Å². The molecule has 0 aliphatic carbocycles. The summed E-state index contributed by atoms with van der Waals surface area (Å²) >= 11 is 0. The molecule has 0 saturated carbocycles. The van der Waals surface area contributed by atoms with Crippen LogP contribution in [0.2, 0.25) is 0 Å². The van der Waals surface area contributed by atoms with Gasteiger partial charge in [-0.1, -0.05) is 147 Å². The molecule has 0 N–H and O–H groups in total. The average Bonchev–Trinajstić information content (AvgIpc) is 3.13. The summed E-state index contributed by atoms with van der Waals surface area (Å²) in [5, 5.41) is 0. The van der Waals surface area contributed by atoms with E-state index in [4.69, 9.17) is 56.8 Å². The Morgan fingerprint density at radius 2 is 0.866 bits per heavy atom. The number of hydrogen-bond donors (Lipinski definition) is 0. The van der Waals surface area contributed by atoms with Crippen molar-refractivity contribution < 1.29 is 85.6 Å². The van der Waals surface area contributed by atoms with Crippen molar-refractivity contribution >= 4 is 35.8 Å². The zero-order chi connectivity index (χ0) is 57.0. The van der Waals surface area contributed by atoms with Gasteiger partial charge in [0.15, 0.2) is 43.3 Å². The minimum absolute atomic E-state index is 0.0678. The van der Waals surface area contributed by atoms with Crippen LogP contribution in [0.3, 0.4) is 0 Å². The van der Waals surface area contributed by atoms with E-state index in [-0.39, 0.29) is 47.0 Å². The fourth-order valence-corrected chi connectivity index (χ4v) is 9.68. The summed E-state index contributed by atoms with van der Waals surface area (Å²) < 4.78 is 76.3. The molecule has 0 bridgehead atoms. The molecular weight excluding hydrogens is 1060 g/mol. The van der Waals surface area contributed by atoms with Crippen LogP contribution in [0.25, 0.3) is 0 Å². The Balaban J connectivity index is 1.11. The molecule has 6 aromatic rings. The van der Waals surface area contributed by atoms with Crippen LogP contribution in [-0.4, -0.2) is 124 Å². The Kier molecular flexibility index (Phi) is 21.1. The Labute approximate surface area is 474 Å². The van der Waals surface area contributed by atoms with Gasteiger partial charge in [-0.05, 0) is 73.5 Å². The molecule has 1 unspecified atom stereocenters. The first-order valence-electron chi connectivity index (χ1n) is 27.4. The Bertz CT molecular complexity index is 2990. The van der Waals surface area contributed by atoms with Gasteiger partial charge in [-0.3, -0.25) is 4.79 Å². The Morgan fingerprint density at radius 3 is 1.37 bits per heavy atom. The van der Waals surface area contributed by atoms with Gasteiger partial charge < -0.3 is 56.8 Å². The molecule has 3 aliphatic heterocycles. The standard InChI is InChI=1S/C64H64O18/c1-71-50(65)38-24-4-2-3-5-25-39-72-63-55(79-60(69)45-32-18-9-19-33-45)53(77-58(67)43-28-14-7-15-29-43)52(48(75-63)40-73-57(66)42-26-12-6-13-27-42)82-64-56(80-61(70)46-34-20-10-21-35-46)54(78-59(68)44-30-16-8-17-31-44)51-49(76-64)41-74-62(81-51)47-36-22-11-23-37-47/h6-23,26-37,48-49,51-56,62-64H,2-5,24-25,38-41H2,1H3/t48-,49-,51+,52-,53+,54+,55-,56-,62?,63+,64+/m1/s1. The third-order valence-electron chi connectivity index (χ3n) is 13.9. The summed E-state index contributed by atoms with van der Waals surface area (Å²) in [4.78, 5) is 83.2. The number of fused-ring (bicyclic) bond motifs is 1. The fourth-order valence-electron chi connectivity index (χ4n) is 9.68. The molecule has 0 radical (unpaired) electrons. The molecule has 0 aromatic heterocycles. The van der Waals surface area contributed by atoms with E-state index in [1.54, 1.807) is 140 Å². The van der Waals surface area contributed by atoms with Crippen LogP contribution in [0.5, 0.6) is 0 Å². The quantitative estimate of drug-likeness (QED) is 0.0313. The number of methoxy groups -OCH3 is 1. The van der Waals surface area contributed by atoms with E-state index in [0.29, 0.717) is 24.8 Å². The highest BCUT2D eigenvalue weighted by Crippen LogP contribution is 2.40. The first-order chi connectivity index (χ1) is 40.1.